The van der Waals surface area contributed by atoms with E-state index in [2.05, 4.69) is 9.88 Å². The summed E-state index contributed by atoms with van der Waals surface area (Å²) in [6, 6.07) is 13.3. The minimum absolute atomic E-state index is 0.361. The van der Waals surface area contributed by atoms with E-state index in [1.54, 1.807) is 12.3 Å². The van der Waals surface area contributed by atoms with Gasteiger partial charge in [0.2, 0.25) is 10.0 Å². The van der Waals surface area contributed by atoms with Crippen LogP contribution < -0.4 is 4.90 Å². The van der Waals surface area contributed by atoms with Crippen LogP contribution in [0.2, 0.25) is 5.02 Å². The number of rotatable bonds is 4. The van der Waals surface area contributed by atoms with Crippen molar-refractivity contribution in [2.24, 2.45) is 0 Å². The smallest absolute Gasteiger partial charge is 0.243 e. The summed E-state index contributed by atoms with van der Waals surface area (Å²) in [7, 11) is -3.49. The number of pyridine rings is 1. The van der Waals surface area contributed by atoms with Crippen LogP contribution >= 0.6 is 11.6 Å². The van der Waals surface area contributed by atoms with Gasteiger partial charge in [0.25, 0.3) is 0 Å². The Morgan fingerprint density at radius 2 is 1.90 bits per heavy atom. The molecule has 8 heteroatoms. The Hall–Kier alpha value is -2.19. The van der Waals surface area contributed by atoms with Crippen LogP contribution in [-0.4, -0.2) is 50.6 Å². The van der Waals surface area contributed by atoms with E-state index in [1.807, 2.05) is 36.4 Å². The van der Waals surface area contributed by atoms with E-state index < -0.39 is 10.0 Å². The average Bonchev–Trinajstić information content (AvgIpc) is 3.16. The van der Waals surface area contributed by atoms with Gasteiger partial charge < -0.3 is 9.64 Å². The minimum Gasteiger partial charge on any atom is -0.379 e. The molecule has 0 amide bonds. The molecule has 3 heterocycles. The van der Waals surface area contributed by atoms with Gasteiger partial charge in [-0.25, -0.2) is 8.42 Å². The molecule has 0 bridgehead atoms. The first-order valence-electron chi connectivity index (χ1n) is 10.0. The van der Waals surface area contributed by atoms with Crippen LogP contribution in [0.4, 0.5) is 5.69 Å². The predicted octanol–water partition coefficient (Wildman–Crippen LogP) is 3.47. The molecule has 0 aliphatic carbocycles. The van der Waals surface area contributed by atoms with Crippen LogP contribution in [0.1, 0.15) is 11.1 Å². The molecule has 5 rings (SSSR count). The van der Waals surface area contributed by atoms with Crippen molar-refractivity contribution >= 4 is 38.2 Å². The Balaban J connectivity index is 1.44. The van der Waals surface area contributed by atoms with Gasteiger partial charge in [-0.3, -0.25) is 4.98 Å². The van der Waals surface area contributed by atoms with Crippen molar-refractivity contribution in [3.63, 3.8) is 0 Å². The largest absolute Gasteiger partial charge is 0.379 e. The number of halogens is 1. The second-order valence-electron chi connectivity index (χ2n) is 7.62. The monoisotopic (exact) mass is 443 g/mol. The molecule has 6 nitrogen and oxygen atoms in total. The zero-order chi connectivity index (χ0) is 20.7. The third kappa shape index (κ3) is 3.56. The van der Waals surface area contributed by atoms with Crippen molar-refractivity contribution in [3.05, 3.63) is 64.8 Å². The fourth-order valence-corrected chi connectivity index (χ4v) is 5.97. The number of morpholine rings is 1. The highest BCUT2D eigenvalue weighted by molar-refractivity contribution is 7.89. The van der Waals surface area contributed by atoms with Gasteiger partial charge in [-0.1, -0.05) is 17.7 Å². The summed E-state index contributed by atoms with van der Waals surface area (Å²) in [5, 5.41) is 1.71. The SMILES string of the molecule is O=S(=O)(c1ccc2c(c1)CCN2Cc1cc(Cl)cc2cccnc12)N1CCOCC1. The van der Waals surface area contributed by atoms with Crippen molar-refractivity contribution in [3.8, 4) is 0 Å². The molecule has 156 valence electrons. The van der Waals surface area contributed by atoms with Crippen LogP contribution in [0.25, 0.3) is 10.9 Å². The molecule has 0 atom stereocenters. The highest BCUT2D eigenvalue weighted by atomic mass is 35.5. The van der Waals surface area contributed by atoms with Gasteiger partial charge in [-0.15, -0.1) is 0 Å². The number of hydrogen-bond donors (Lipinski definition) is 0. The molecular weight excluding hydrogens is 422 g/mol. The van der Waals surface area contributed by atoms with Gasteiger partial charge in [0.15, 0.2) is 0 Å². The first kappa shape index (κ1) is 19.8. The van der Waals surface area contributed by atoms with Gasteiger partial charge in [0, 0.05) is 48.5 Å². The predicted molar refractivity (Wildman–Crippen MR) is 118 cm³/mol. The zero-order valence-electron chi connectivity index (χ0n) is 16.4. The van der Waals surface area contributed by atoms with Crippen LogP contribution in [0.3, 0.4) is 0 Å². The lowest BCUT2D eigenvalue weighted by Crippen LogP contribution is -2.40. The van der Waals surface area contributed by atoms with Crippen molar-refractivity contribution in [1.82, 2.24) is 9.29 Å². The number of benzene rings is 2. The van der Waals surface area contributed by atoms with Gasteiger partial charge in [0.05, 0.1) is 23.6 Å². The van der Waals surface area contributed by atoms with Crippen molar-refractivity contribution in [2.75, 3.05) is 37.7 Å². The molecule has 2 aliphatic heterocycles. The number of anilines is 1. The van der Waals surface area contributed by atoms with Crippen molar-refractivity contribution < 1.29 is 13.2 Å². The molecule has 1 saturated heterocycles. The number of nitrogens with zero attached hydrogens (tertiary/aromatic N) is 3. The topological polar surface area (TPSA) is 62.7 Å². The number of fused-ring (bicyclic) bond motifs is 2. The van der Waals surface area contributed by atoms with E-state index in [9.17, 15) is 8.42 Å². The lowest BCUT2D eigenvalue weighted by Gasteiger charge is -2.26. The molecule has 0 unspecified atom stereocenters. The maximum absolute atomic E-state index is 13.0. The molecule has 1 aromatic heterocycles. The van der Waals surface area contributed by atoms with E-state index >= 15 is 0 Å². The molecule has 3 aromatic rings. The number of aromatic nitrogens is 1. The van der Waals surface area contributed by atoms with Crippen LogP contribution in [0.5, 0.6) is 0 Å². The fraction of sp³-hybridized carbons (Fsp3) is 0.318. The fourth-order valence-electron chi connectivity index (χ4n) is 4.26. The molecule has 0 spiro atoms. The third-order valence-electron chi connectivity index (χ3n) is 5.76. The Labute approximate surface area is 181 Å². The second-order valence-corrected chi connectivity index (χ2v) is 9.99. The van der Waals surface area contributed by atoms with E-state index in [4.69, 9.17) is 16.3 Å². The van der Waals surface area contributed by atoms with Crippen LogP contribution in [0.15, 0.2) is 53.6 Å². The highest BCUT2D eigenvalue weighted by Gasteiger charge is 2.28. The van der Waals surface area contributed by atoms with Gasteiger partial charge >= 0.3 is 0 Å². The first-order chi connectivity index (χ1) is 14.5. The third-order valence-corrected chi connectivity index (χ3v) is 7.87. The highest BCUT2D eigenvalue weighted by Crippen LogP contribution is 2.33. The Bertz CT molecular complexity index is 1210. The van der Waals surface area contributed by atoms with Crippen LogP contribution in [-0.2, 0) is 27.7 Å². The van der Waals surface area contributed by atoms with Crippen molar-refractivity contribution in [1.29, 1.82) is 0 Å². The molecule has 0 N–H and O–H groups in total. The molecule has 2 aliphatic rings. The first-order valence-corrected chi connectivity index (χ1v) is 11.8. The summed E-state index contributed by atoms with van der Waals surface area (Å²) >= 11 is 6.33. The zero-order valence-corrected chi connectivity index (χ0v) is 18.0. The Kier molecular flexibility index (Phi) is 5.14. The normalized spacial score (nSPS) is 17.4. The second kappa shape index (κ2) is 7.81. The quantitative estimate of drug-likeness (QED) is 0.617. The van der Waals surface area contributed by atoms with E-state index in [0.717, 1.165) is 40.7 Å². The molecule has 0 radical (unpaired) electrons. The maximum Gasteiger partial charge on any atom is 0.243 e. The lowest BCUT2D eigenvalue weighted by molar-refractivity contribution is 0.0730. The summed E-state index contributed by atoms with van der Waals surface area (Å²) in [6.45, 7) is 3.20. The molecule has 30 heavy (non-hydrogen) atoms. The van der Waals surface area contributed by atoms with Gasteiger partial charge in [0.1, 0.15) is 0 Å². The van der Waals surface area contributed by atoms with E-state index in [0.29, 0.717) is 42.8 Å². The minimum atomic E-state index is -3.49. The maximum atomic E-state index is 13.0. The average molecular weight is 444 g/mol. The summed E-state index contributed by atoms with van der Waals surface area (Å²) in [5.41, 5.74) is 4.14. The standard InChI is InChI=1S/C22H22ClN3O3S/c23-19-12-17-2-1-6-24-22(17)18(13-19)15-25-7-5-16-14-20(3-4-21(16)25)30(27,28)26-8-10-29-11-9-26/h1-4,6,12-14H,5,7-11,15H2. The Morgan fingerprint density at radius 1 is 1.07 bits per heavy atom. The number of sulfonamides is 1. The summed E-state index contributed by atoms with van der Waals surface area (Å²) in [6.07, 6.45) is 2.61. The molecule has 2 aromatic carbocycles. The van der Waals surface area contributed by atoms with Crippen molar-refractivity contribution in [2.45, 2.75) is 17.9 Å². The molecule has 1 fully saturated rings. The summed E-state index contributed by atoms with van der Waals surface area (Å²) in [4.78, 5) is 7.16. The summed E-state index contributed by atoms with van der Waals surface area (Å²) < 4.78 is 32.8. The number of hydrogen-bond acceptors (Lipinski definition) is 5. The van der Waals surface area contributed by atoms with E-state index in [1.165, 1.54) is 4.31 Å². The number of ether oxygens (including phenoxy) is 1. The Morgan fingerprint density at radius 3 is 2.73 bits per heavy atom. The van der Waals surface area contributed by atoms with E-state index in [-0.39, 0.29) is 0 Å². The lowest BCUT2D eigenvalue weighted by atomic mass is 10.1. The summed E-state index contributed by atoms with van der Waals surface area (Å²) in [5.74, 6) is 0. The molecular formula is C22H22ClN3O3S. The van der Waals surface area contributed by atoms with Gasteiger partial charge in [-0.2, -0.15) is 4.31 Å². The van der Waals surface area contributed by atoms with Gasteiger partial charge in [-0.05, 0) is 53.9 Å². The molecule has 0 saturated carbocycles. The van der Waals surface area contributed by atoms with Crippen LogP contribution in [0, 0.1) is 0 Å².